The van der Waals surface area contributed by atoms with Crippen molar-refractivity contribution in [2.75, 3.05) is 6.54 Å². The predicted molar refractivity (Wildman–Crippen MR) is 96.2 cm³/mol. The minimum atomic E-state index is 0.0280. The number of fused-ring (bicyclic) bond motifs is 1. The zero-order valence-corrected chi connectivity index (χ0v) is 15.3. The molecule has 0 saturated carbocycles. The second-order valence-electron chi connectivity index (χ2n) is 6.82. The molecule has 1 aromatic heterocycles. The number of thioether (sulfide) groups is 1. The summed E-state index contributed by atoms with van der Waals surface area (Å²) >= 11 is 1.73. The van der Waals surface area contributed by atoms with Crippen LogP contribution in [0.25, 0.3) is 0 Å². The van der Waals surface area contributed by atoms with Crippen molar-refractivity contribution in [2.45, 2.75) is 49.3 Å². The molecule has 0 N–H and O–H groups in total. The molecule has 1 aromatic carbocycles. The zero-order chi connectivity index (χ0) is 16.8. The fraction of sp³-hybridized carbons (Fsp3) is 0.474. The minimum Gasteiger partial charge on any atom is -0.335 e. The zero-order valence-electron chi connectivity index (χ0n) is 14.5. The standard InChI is InChI=1S/C19H23N3OS/c1-12-18(13(2)21(3)20-12)15-8-6-10-22(15)19(23)17-11-14-7-4-5-9-16(14)24-17/h4-5,7,9,15,17H,6,8,10-11H2,1-3H3/t15-,17+/m0/s1. The Morgan fingerprint density at radius 1 is 1.29 bits per heavy atom. The van der Waals surface area contributed by atoms with Crippen LogP contribution < -0.4 is 0 Å². The van der Waals surface area contributed by atoms with Gasteiger partial charge in [0.05, 0.1) is 17.0 Å². The quantitative estimate of drug-likeness (QED) is 0.840. The Morgan fingerprint density at radius 3 is 2.79 bits per heavy atom. The van der Waals surface area contributed by atoms with Crippen LogP contribution in [0.1, 0.15) is 41.4 Å². The van der Waals surface area contributed by atoms with Gasteiger partial charge in [-0.25, -0.2) is 0 Å². The van der Waals surface area contributed by atoms with Crippen LogP contribution in [0.5, 0.6) is 0 Å². The van der Waals surface area contributed by atoms with Crippen molar-refractivity contribution in [3.63, 3.8) is 0 Å². The van der Waals surface area contributed by atoms with E-state index in [4.69, 9.17) is 0 Å². The smallest absolute Gasteiger partial charge is 0.236 e. The van der Waals surface area contributed by atoms with Gasteiger partial charge in [0, 0.05) is 29.7 Å². The number of hydrogen-bond acceptors (Lipinski definition) is 3. The summed E-state index contributed by atoms with van der Waals surface area (Å²) in [5.74, 6) is 0.293. The van der Waals surface area contributed by atoms with Crippen LogP contribution in [0.4, 0.5) is 0 Å². The first-order chi connectivity index (χ1) is 11.6. The van der Waals surface area contributed by atoms with Gasteiger partial charge in [0.2, 0.25) is 5.91 Å². The molecule has 4 rings (SSSR count). The molecule has 126 valence electrons. The molecule has 0 radical (unpaired) electrons. The van der Waals surface area contributed by atoms with Crippen LogP contribution in [0.2, 0.25) is 0 Å². The first kappa shape index (κ1) is 15.8. The van der Waals surface area contributed by atoms with E-state index in [0.29, 0.717) is 5.91 Å². The molecule has 2 aliphatic rings. The fourth-order valence-corrected chi connectivity index (χ4v) is 5.37. The highest BCUT2D eigenvalue weighted by Gasteiger charge is 2.38. The second-order valence-corrected chi connectivity index (χ2v) is 8.06. The van der Waals surface area contributed by atoms with E-state index in [0.717, 1.165) is 31.5 Å². The maximum absolute atomic E-state index is 13.2. The van der Waals surface area contributed by atoms with Crippen molar-refractivity contribution in [3.05, 3.63) is 46.8 Å². The van der Waals surface area contributed by atoms with Crippen molar-refractivity contribution < 1.29 is 4.79 Å². The minimum absolute atomic E-state index is 0.0280. The molecule has 1 saturated heterocycles. The van der Waals surface area contributed by atoms with E-state index in [1.54, 1.807) is 11.8 Å². The molecule has 3 heterocycles. The predicted octanol–water partition coefficient (Wildman–Crippen LogP) is 3.42. The van der Waals surface area contributed by atoms with Crippen LogP contribution in [-0.4, -0.2) is 32.4 Å². The fourth-order valence-electron chi connectivity index (χ4n) is 4.11. The van der Waals surface area contributed by atoms with Crippen molar-refractivity contribution >= 4 is 17.7 Å². The Bertz CT molecular complexity index is 773. The molecule has 0 spiro atoms. The van der Waals surface area contributed by atoms with Crippen molar-refractivity contribution in [2.24, 2.45) is 7.05 Å². The van der Waals surface area contributed by atoms with Gasteiger partial charge in [0.15, 0.2) is 0 Å². The highest BCUT2D eigenvalue weighted by molar-refractivity contribution is 8.01. The summed E-state index contributed by atoms with van der Waals surface area (Å²) in [6.45, 7) is 5.03. The summed E-state index contributed by atoms with van der Waals surface area (Å²) in [6, 6.07) is 8.58. The number of rotatable bonds is 2. The molecule has 24 heavy (non-hydrogen) atoms. The van der Waals surface area contributed by atoms with Gasteiger partial charge in [0.25, 0.3) is 0 Å². The third kappa shape index (κ3) is 2.46. The van der Waals surface area contributed by atoms with Gasteiger partial charge in [0.1, 0.15) is 0 Å². The largest absolute Gasteiger partial charge is 0.335 e. The second kappa shape index (κ2) is 5.96. The molecule has 5 heteroatoms. The Labute approximate surface area is 147 Å². The molecule has 2 aliphatic heterocycles. The van der Waals surface area contributed by atoms with E-state index in [-0.39, 0.29) is 11.3 Å². The summed E-state index contributed by atoms with van der Waals surface area (Å²) in [4.78, 5) is 16.6. The number of aryl methyl sites for hydroxylation is 2. The van der Waals surface area contributed by atoms with Gasteiger partial charge in [-0.15, -0.1) is 11.8 Å². The molecule has 1 amide bonds. The molecular formula is C19H23N3OS. The number of likely N-dealkylation sites (tertiary alicyclic amines) is 1. The highest BCUT2D eigenvalue weighted by Crippen LogP contribution is 2.41. The summed E-state index contributed by atoms with van der Waals surface area (Å²) in [6.07, 6.45) is 2.98. The molecule has 0 bridgehead atoms. The van der Waals surface area contributed by atoms with Crippen molar-refractivity contribution in [1.29, 1.82) is 0 Å². The lowest BCUT2D eigenvalue weighted by Gasteiger charge is -2.27. The van der Waals surface area contributed by atoms with E-state index in [2.05, 4.69) is 48.1 Å². The van der Waals surface area contributed by atoms with E-state index < -0.39 is 0 Å². The summed E-state index contributed by atoms with van der Waals surface area (Å²) in [5, 5.41) is 4.58. The average molecular weight is 341 g/mol. The number of hydrogen-bond donors (Lipinski definition) is 0. The van der Waals surface area contributed by atoms with Gasteiger partial charge in [-0.3, -0.25) is 9.48 Å². The van der Waals surface area contributed by atoms with Crippen LogP contribution in [0.3, 0.4) is 0 Å². The lowest BCUT2D eigenvalue weighted by atomic mass is 10.0. The first-order valence-electron chi connectivity index (χ1n) is 8.61. The van der Waals surface area contributed by atoms with Crippen molar-refractivity contribution in [1.82, 2.24) is 14.7 Å². The SMILES string of the molecule is Cc1nn(C)c(C)c1[C@@H]1CCCN1C(=O)[C@H]1Cc2ccccc2S1. The van der Waals surface area contributed by atoms with Crippen molar-refractivity contribution in [3.8, 4) is 0 Å². The average Bonchev–Trinajstić information content (AvgIpc) is 3.25. The lowest BCUT2D eigenvalue weighted by molar-refractivity contribution is -0.131. The number of amides is 1. The number of carbonyl (C=O) groups is 1. The Kier molecular flexibility index (Phi) is 3.91. The summed E-state index contributed by atoms with van der Waals surface area (Å²) < 4.78 is 1.94. The molecule has 0 unspecified atom stereocenters. The molecule has 1 fully saturated rings. The maximum Gasteiger partial charge on any atom is 0.236 e. The number of benzene rings is 1. The van der Waals surface area contributed by atoms with Crippen LogP contribution >= 0.6 is 11.8 Å². The summed E-state index contributed by atoms with van der Waals surface area (Å²) in [7, 11) is 1.98. The molecular weight excluding hydrogens is 318 g/mol. The Hall–Kier alpha value is -1.75. The van der Waals surface area contributed by atoms with Gasteiger partial charge in [-0.05, 0) is 44.7 Å². The Balaban J connectivity index is 1.59. The van der Waals surface area contributed by atoms with Crippen LogP contribution in [0, 0.1) is 13.8 Å². The molecule has 2 aromatic rings. The van der Waals surface area contributed by atoms with Crippen LogP contribution in [-0.2, 0) is 18.3 Å². The van der Waals surface area contributed by atoms with Gasteiger partial charge in [-0.1, -0.05) is 18.2 Å². The summed E-state index contributed by atoms with van der Waals surface area (Å²) in [5.41, 5.74) is 4.80. The third-order valence-corrected chi connectivity index (χ3v) is 6.66. The molecule has 2 atom stereocenters. The number of carbonyl (C=O) groups excluding carboxylic acids is 1. The number of nitrogens with zero attached hydrogens (tertiary/aromatic N) is 3. The number of aromatic nitrogens is 2. The normalized spacial score (nSPS) is 22.9. The maximum atomic E-state index is 13.2. The molecule has 4 nitrogen and oxygen atoms in total. The monoisotopic (exact) mass is 341 g/mol. The Morgan fingerprint density at radius 2 is 2.08 bits per heavy atom. The van der Waals surface area contributed by atoms with E-state index in [9.17, 15) is 4.79 Å². The third-order valence-electron chi connectivity index (χ3n) is 5.36. The lowest BCUT2D eigenvalue weighted by Crippen LogP contribution is -2.37. The molecule has 0 aliphatic carbocycles. The van der Waals surface area contributed by atoms with Gasteiger partial charge >= 0.3 is 0 Å². The van der Waals surface area contributed by atoms with Gasteiger partial charge in [-0.2, -0.15) is 5.10 Å². The van der Waals surface area contributed by atoms with Crippen LogP contribution in [0.15, 0.2) is 29.2 Å². The van der Waals surface area contributed by atoms with E-state index in [1.165, 1.54) is 21.7 Å². The topological polar surface area (TPSA) is 38.1 Å². The van der Waals surface area contributed by atoms with E-state index in [1.807, 2.05) is 11.7 Å². The van der Waals surface area contributed by atoms with Gasteiger partial charge < -0.3 is 4.90 Å². The first-order valence-corrected chi connectivity index (χ1v) is 9.49. The van der Waals surface area contributed by atoms with E-state index >= 15 is 0 Å². The highest BCUT2D eigenvalue weighted by atomic mass is 32.2.